The van der Waals surface area contributed by atoms with E-state index in [0.29, 0.717) is 18.0 Å². The first-order valence-corrected chi connectivity index (χ1v) is 12.3. The lowest BCUT2D eigenvalue weighted by atomic mass is 9.82. The third kappa shape index (κ3) is 5.52. The lowest BCUT2D eigenvalue weighted by molar-refractivity contribution is 0.0950. The summed E-state index contributed by atoms with van der Waals surface area (Å²) >= 11 is 1.77. The molecule has 1 N–H and O–H groups in total. The quantitative estimate of drug-likeness (QED) is 0.407. The summed E-state index contributed by atoms with van der Waals surface area (Å²) < 4.78 is 0. The van der Waals surface area contributed by atoms with Crippen LogP contribution in [0.5, 0.6) is 0 Å². The Balaban J connectivity index is 1.46. The Hall–Kier alpha value is -2.78. The van der Waals surface area contributed by atoms with Crippen molar-refractivity contribution in [1.29, 1.82) is 0 Å². The average molecular weight is 442 g/mol. The van der Waals surface area contributed by atoms with E-state index in [2.05, 4.69) is 49.2 Å². The fourth-order valence-corrected chi connectivity index (χ4v) is 5.44. The number of allylic oxidation sites excluding steroid dienone is 1. The molecule has 0 bridgehead atoms. The minimum Gasteiger partial charge on any atom is -0.348 e. The Kier molecular flexibility index (Phi) is 7.49. The van der Waals surface area contributed by atoms with Crippen LogP contribution in [0.1, 0.15) is 59.2 Å². The second-order valence-corrected chi connectivity index (χ2v) is 9.69. The van der Waals surface area contributed by atoms with Crippen LogP contribution in [-0.4, -0.2) is 5.91 Å². The lowest BCUT2D eigenvalue weighted by Gasteiger charge is -2.25. The molecule has 3 aromatic carbocycles. The summed E-state index contributed by atoms with van der Waals surface area (Å²) in [5, 5.41) is 3.01. The van der Waals surface area contributed by atoms with Gasteiger partial charge in [0.05, 0.1) is 0 Å². The fourth-order valence-electron chi connectivity index (χ4n) is 4.40. The van der Waals surface area contributed by atoms with Gasteiger partial charge in [-0.1, -0.05) is 86.1 Å². The van der Waals surface area contributed by atoms with Crippen LogP contribution in [0.15, 0.2) is 89.2 Å². The van der Waals surface area contributed by atoms with E-state index in [1.807, 2.05) is 42.5 Å². The Morgan fingerprint density at radius 3 is 2.41 bits per heavy atom. The average Bonchev–Trinajstić information content (AvgIpc) is 2.85. The van der Waals surface area contributed by atoms with E-state index in [1.54, 1.807) is 11.8 Å². The molecule has 0 saturated heterocycles. The van der Waals surface area contributed by atoms with Crippen LogP contribution in [0.4, 0.5) is 0 Å². The molecule has 1 saturated carbocycles. The minimum absolute atomic E-state index is 0.0421. The SMILES string of the molecule is C=C(c1ccccc1Sc1ccc(C(=O)NCc2ccccc2)cc1C)C1CCCCC1. The smallest absolute Gasteiger partial charge is 0.251 e. The molecule has 3 aromatic rings. The van der Waals surface area contributed by atoms with Crippen molar-refractivity contribution in [2.45, 2.75) is 55.4 Å². The number of rotatable bonds is 7. The van der Waals surface area contributed by atoms with Gasteiger partial charge in [0.1, 0.15) is 0 Å². The zero-order valence-electron chi connectivity index (χ0n) is 18.8. The van der Waals surface area contributed by atoms with Crippen LogP contribution in [-0.2, 0) is 6.54 Å². The van der Waals surface area contributed by atoms with Crippen LogP contribution < -0.4 is 5.32 Å². The normalized spacial score (nSPS) is 14.2. The van der Waals surface area contributed by atoms with Crippen LogP contribution in [0.25, 0.3) is 5.57 Å². The highest BCUT2D eigenvalue weighted by Gasteiger charge is 2.20. The molecule has 0 aromatic heterocycles. The lowest BCUT2D eigenvalue weighted by Crippen LogP contribution is -2.22. The number of benzene rings is 3. The highest BCUT2D eigenvalue weighted by molar-refractivity contribution is 7.99. The maximum atomic E-state index is 12.6. The van der Waals surface area contributed by atoms with Crippen LogP contribution in [0.2, 0.25) is 0 Å². The number of carbonyl (C=O) groups is 1. The summed E-state index contributed by atoms with van der Waals surface area (Å²) in [5.41, 5.74) is 5.46. The van der Waals surface area contributed by atoms with Crippen molar-refractivity contribution in [2.24, 2.45) is 5.92 Å². The molecular weight excluding hydrogens is 410 g/mol. The van der Waals surface area contributed by atoms with Crippen LogP contribution >= 0.6 is 11.8 Å². The van der Waals surface area contributed by atoms with Gasteiger partial charge >= 0.3 is 0 Å². The van der Waals surface area contributed by atoms with Gasteiger partial charge < -0.3 is 5.32 Å². The number of amides is 1. The second kappa shape index (κ2) is 10.7. The number of aryl methyl sites for hydroxylation is 1. The molecule has 3 heteroatoms. The van der Waals surface area contributed by atoms with Crippen molar-refractivity contribution >= 4 is 23.2 Å². The topological polar surface area (TPSA) is 29.1 Å². The predicted molar refractivity (Wildman–Crippen MR) is 135 cm³/mol. The van der Waals surface area contributed by atoms with Crippen LogP contribution in [0.3, 0.4) is 0 Å². The largest absolute Gasteiger partial charge is 0.348 e. The van der Waals surface area contributed by atoms with Gasteiger partial charge in [-0.2, -0.15) is 0 Å². The summed E-state index contributed by atoms with van der Waals surface area (Å²) in [6.45, 7) is 7.10. The number of hydrogen-bond acceptors (Lipinski definition) is 2. The Morgan fingerprint density at radius 1 is 0.938 bits per heavy atom. The summed E-state index contributed by atoms with van der Waals surface area (Å²) in [4.78, 5) is 15.0. The van der Waals surface area contributed by atoms with Gasteiger partial charge in [0.2, 0.25) is 0 Å². The molecule has 1 fully saturated rings. The van der Waals surface area contributed by atoms with Gasteiger partial charge in [-0.05, 0) is 72.2 Å². The van der Waals surface area contributed by atoms with Gasteiger partial charge in [0.25, 0.3) is 5.91 Å². The predicted octanol–water partition coefficient (Wildman–Crippen LogP) is 7.67. The van der Waals surface area contributed by atoms with Gasteiger partial charge in [-0.25, -0.2) is 0 Å². The highest BCUT2D eigenvalue weighted by atomic mass is 32.2. The van der Waals surface area contributed by atoms with Crippen molar-refractivity contribution in [3.8, 4) is 0 Å². The van der Waals surface area contributed by atoms with Gasteiger partial charge in [-0.15, -0.1) is 0 Å². The van der Waals surface area contributed by atoms with Crippen molar-refractivity contribution in [2.75, 3.05) is 0 Å². The molecule has 164 valence electrons. The third-order valence-electron chi connectivity index (χ3n) is 6.28. The summed E-state index contributed by atoms with van der Waals surface area (Å²) in [6, 6.07) is 24.6. The molecule has 1 aliphatic rings. The van der Waals surface area contributed by atoms with E-state index in [-0.39, 0.29) is 5.91 Å². The first-order valence-electron chi connectivity index (χ1n) is 11.5. The van der Waals surface area contributed by atoms with E-state index in [4.69, 9.17) is 0 Å². The zero-order valence-corrected chi connectivity index (χ0v) is 19.6. The zero-order chi connectivity index (χ0) is 22.3. The summed E-state index contributed by atoms with van der Waals surface area (Å²) in [5.74, 6) is 0.557. The van der Waals surface area contributed by atoms with E-state index >= 15 is 0 Å². The molecule has 0 aliphatic heterocycles. The Labute approximate surface area is 196 Å². The third-order valence-corrected chi connectivity index (χ3v) is 7.54. The Bertz CT molecular complexity index is 1080. The molecular formula is C29H31NOS. The van der Waals surface area contributed by atoms with Crippen molar-refractivity contribution in [1.82, 2.24) is 5.32 Å². The maximum absolute atomic E-state index is 12.6. The van der Waals surface area contributed by atoms with Crippen molar-refractivity contribution < 1.29 is 4.79 Å². The van der Waals surface area contributed by atoms with Crippen LogP contribution in [0, 0.1) is 12.8 Å². The monoisotopic (exact) mass is 441 g/mol. The molecule has 0 atom stereocenters. The molecule has 0 spiro atoms. The van der Waals surface area contributed by atoms with Crippen molar-refractivity contribution in [3.05, 3.63) is 102 Å². The van der Waals surface area contributed by atoms with E-state index in [0.717, 1.165) is 11.1 Å². The van der Waals surface area contributed by atoms with Gasteiger partial charge in [0, 0.05) is 21.9 Å². The molecule has 0 radical (unpaired) electrons. The van der Waals surface area contributed by atoms with E-state index in [9.17, 15) is 4.79 Å². The molecule has 1 aliphatic carbocycles. The minimum atomic E-state index is -0.0421. The summed E-state index contributed by atoms with van der Waals surface area (Å²) in [6.07, 6.45) is 6.48. The molecule has 0 heterocycles. The molecule has 4 rings (SSSR count). The number of hydrogen-bond donors (Lipinski definition) is 1. The highest BCUT2D eigenvalue weighted by Crippen LogP contribution is 2.40. The second-order valence-electron chi connectivity index (χ2n) is 8.61. The van der Waals surface area contributed by atoms with Crippen molar-refractivity contribution in [3.63, 3.8) is 0 Å². The first-order chi connectivity index (χ1) is 15.6. The first kappa shape index (κ1) is 22.4. The van der Waals surface area contributed by atoms with Gasteiger partial charge in [0.15, 0.2) is 0 Å². The molecule has 32 heavy (non-hydrogen) atoms. The standard InChI is InChI=1S/C29H31NOS/c1-21-19-25(29(31)30-20-23-11-5-3-6-12-23)17-18-27(21)32-28-16-10-9-15-26(28)22(2)24-13-7-4-8-14-24/h3,5-6,9-12,15-19,24H,2,4,7-8,13-14,20H2,1H3,(H,30,31). The molecule has 1 amide bonds. The van der Waals surface area contributed by atoms with E-state index in [1.165, 1.54) is 53.0 Å². The number of carbonyl (C=O) groups excluding carboxylic acids is 1. The van der Waals surface area contributed by atoms with E-state index < -0.39 is 0 Å². The molecule has 2 nitrogen and oxygen atoms in total. The summed E-state index contributed by atoms with van der Waals surface area (Å²) in [7, 11) is 0. The fraction of sp³-hybridized carbons (Fsp3) is 0.276. The van der Waals surface area contributed by atoms with Gasteiger partial charge in [-0.3, -0.25) is 4.79 Å². The molecule has 0 unspecified atom stereocenters. The maximum Gasteiger partial charge on any atom is 0.251 e. The Morgan fingerprint density at radius 2 is 1.66 bits per heavy atom. The number of nitrogens with one attached hydrogen (secondary N) is 1.